The van der Waals surface area contributed by atoms with E-state index in [0.29, 0.717) is 0 Å². The van der Waals surface area contributed by atoms with Gasteiger partial charge in [0.15, 0.2) is 0 Å². The Kier molecular flexibility index (Phi) is 13.7. The summed E-state index contributed by atoms with van der Waals surface area (Å²) in [5.41, 5.74) is -1.81. The average molecular weight is 228 g/mol. The molecule has 0 aliphatic carbocycles. The predicted molar refractivity (Wildman–Crippen MR) is 49.3 cm³/mol. The Labute approximate surface area is 106 Å². The van der Waals surface area contributed by atoms with Crippen LogP contribution in [0.5, 0.6) is 0 Å². The summed E-state index contributed by atoms with van der Waals surface area (Å²) in [5, 5.41) is 29.7. The summed E-state index contributed by atoms with van der Waals surface area (Å²) >= 11 is 0. The smallest absolute Gasteiger partial charge is 0.855 e. The fourth-order valence-electron chi connectivity index (χ4n) is 0.911. The number of hydrogen-bond donors (Lipinski definition) is 0. The van der Waals surface area contributed by atoms with Crippen LogP contribution in [0.3, 0.4) is 0 Å². The molecular weight excluding hydrogens is 212 g/mol. The number of carbonyl (C=O) groups excluding carboxylic acids is 2. The van der Waals surface area contributed by atoms with E-state index in [4.69, 9.17) is 5.11 Å². The van der Waals surface area contributed by atoms with Crippen molar-refractivity contribution >= 4 is 35.0 Å². The third kappa shape index (κ3) is 5.96. The molecule has 15 heavy (non-hydrogen) atoms. The summed E-state index contributed by atoms with van der Waals surface area (Å²) in [6, 6.07) is 0. The fourth-order valence-corrected chi connectivity index (χ4v) is 0.911. The molecule has 0 aromatic rings. The van der Waals surface area contributed by atoms with Gasteiger partial charge >= 0.3 is 23.1 Å². The van der Waals surface area contributed by atoms with Crippen molar-refractivity contribution in [2.24, 2.45) is 5.41 Å². The van der Waals surface area contributed by atoms with Gasteiger partial charge in [-0.2, -0.15) is 0 Å². The molecule has 0 aromatic carbocycles. The Bertz CT molecular complexity index is 173. The monoisotopic (exact) mass is 227 g/mol. The maximum atomic E-state index is 10.4. The maximum Gasteiger partial charge on any atom is 2.00 e. The number of hydrogen-bond acceptors (Lipinski definition) is 5. The van der Waals surface area contributed by atoms with Crippen LogP contribution in [-0.4, -0.2) is 41.6 Å². The van der Waals surface area contributed by atoms with E-state index >= 15 is 0 Å². The van der Waals surface area contributed by atoms with Gasteiger partial charge in [-0.3, -0.25) is 0 Å². The Morgan fingerprint density at radius 1 is 1.00 bits per heavy atom. The largest absolute Gasteiger partial charge is 2.00 e. The van der Waals surface area contributed by atoms with Gasteiger partial charge in [-0.1, -0.05) is 20.8 Å². The zero-order chi connectivity index (χ0) is 11.8. The topological polar surface area (TPSA) is 103 Å². The van der Waals surface area contributed by atoms with Gasteiger partial charge in [-0.15, -0.1) is 6.61 Å². The van der Waals surface area contributed by atoms with E-state index in [9.17, 15) is 19.8 Å². The fraction of sp³-hybridized carbons (Fsp3) is 0.778. The quantitative estimate of drug-likeness (QED) is 0.383. The molecule has 0 aliphatic heterocycles. The van der Waals surface area contributed by atoms with Crippen LogP contribution in [0.1, 0.15) is 33.6 Å². The molecule has 0 saturated carbocycles. The minimum absolute atomic E-state index is 0. The molecule has 0 N–H and O–H groups in total. The zero-order valence-corrected chi connectivity index (χ0v) is 10.8. The normalized spacial score (nSPS) is 9.33. The van der Waals surface area contributed by atoms with E-state index in [0.717, 1.165) is 0 Å². The molecular formula is C9H15MgO5-. The Balaban J connectivity index is -0.000000320. The first-order valence-electron chi connectivity index (χ1n) is 4.43. The van der Waals surface area contributed by atoms with Crippen LogP contribution in [0.2, 0.25) is 0 Å². The van der Waals surface area contributed by atoms with E-state index < -0.39 is 17.4 Å². The van der Waals surface area contributed by atoms with Gasteiger partial charge in [0.25, 0.3) is 0 Å². The van der Waals surface area contributed by atoms with Gasteiger partial charge in [-0.25, -0.2) is 0 Å². The van der Waals surface area contributed by atoms with Gasteiger partial charge in [0.1, 0.15) is 0 Å². The second kappa shape index (κ2) is 10.2. The van der Waals surface area contributed by atoms with Gasteiger partial charge in [0, 0.05) is 5.41 Å². The molecule has 0 amide bonds. The first-order chi connectivity index (χ1) is 6.42. The molecule has 0 aromatic heterocycles. The summed E-state index contributed by atoms with van der Waals surface area (Å²) in [6.07, 6.45) is -0.0116. The number of carboxylic acid groups (broad SMARTS) is 2. The predicted octanol–water partition coefficient (Wildman–Crippen LogP) is -2.72. The van der Waals surface area contributed by atoms with Crippen molar-refractivity contribution < 1.29 is 24.9 Å². The van der Waals surface area contributed by atoms with Gasteiger partial charge in [0.05, 0.1) is 11.9 Å². The summed E-state index contributed by atoms with van der Waals surface area (Å²) in [6.45, 7) is 4.53. The third-order valence-electron chi connectivity index (χ3n) is 1.99. The standard InChI is InChI=1S/C7H12O4.C2H5O.Mg/c1-3-7(4-2,5(8)9)6(10)11;1-2-3;/h3-4H2,1-2H3,(H,8,9)(H,10,11);2H2,1H3;/q;-1;+2/p-2. The van der Waals surface area contributed by atoms with E-state index in [1.807, 2.05) is 0 Å². The molecule has 0 unspecified atom stereocenters. The number of rotatable bonds is 4. The Morgan fingerprint density at radius 3 is 1.20 bits per heavy atom. The summed E-state index contributed by atoms with van der Waals surface area (Å²) in [7, 11) is 0. The molecule has 0 saturated heterocycles. The minimum Gasteiger partial charge on any atom is -0.855 e. The van der Waals surface area contributed by atoms with Gasteiger partial charge in [-0.05, 0) is 12.8 Å². The average Bonchev–Trinajstić information content (AvgIpc) is 2.07. The molecule has 0 fully saturated rings. The molecule has 84 valence electrons. The molecule has 0 radical (unpaired) electrons. The molecule has 0 heterocycles. The van der Waals surface area contributed by atoms with Crippen LogP contribution in [0, 0.1) is 5.41 Å². The van der Waals surface area contributed by atoms with Crippen LogP contribution in [0.25, 0.3) is 0 Å². The second-order valence-corrected chi connectivity index (χ2v) is 2.65. The van der Waals surface area contributed by atoms with E-state index in [1.54, 1.807) is 6.92 Å². The van der Waals surface area contributed by atoms with E-state index in [1.165, 1.54) is 13.8 Å². The number of carbonyl (C=O) groups is 2. The Morgan fingerprint density at radius 2 is 1.20 bits per heavy atom. The van der Waals surface area contributed by atoms with Crippen LogP contribution in [0.4, 0.5) is 0 Å². The molecule has 0 rings (SSSR count). The van der Waals surface area contributed by atoms with Gasteiger partial charge < -0.3 is 24.9 Å². The molecule has 0 atom stereocenters. The van der Waals surface area contributed by atoms with Crippen molar-refractivity contribution in [3.63, 3.8) is 0 Å². The molecule has 0 aliphatic rings. The molecule has 5 nitrogen and oxygen atoms in total. The molecule has 6 heteroatoms. The molecule has 0 spiro atoms. The van der Waals surface area contributed by atoms with E-state index in [2.05, 4.69) is 0 Å². The first-order valence-corrected chi connectivity index (χ1v) is 4.43. The maximum absolute atomic E-state index is 10.4. The second-order valence-electron chi connectivity index (χ2n) is 2.65. The minimum atomic E-state index is -1.81. The van der Waals surface area contributed by atoms with Crippen molar-refractivity contribution in [2.75, 3.05) is 6.61 Å². The van der Waals surface area contributed by atoms with Crippen molar-refractivity contribution in [3.8, 4) is 0 Å². The van der Waals surface area contributed by atoms with Crippen molar-refractivity contribution in [1.82, 2.24) is 0 Å². The number of carboxylic acids is 2. The summed E-state index contributed by atoms with van der Waals surface area (Å²) < 4.78 is 0. The van der Waals surface area contributed by atoms with Gasteiger partial charge in [0.2, 0.25) is 0 Å². The van der Waals surface area contributed by atoms with Crippen molar-refractivity contribution in [3.05, 3.63) is 0 Å². The summed E-state index contributed by atoms with van der Waals surface area (Å²) in [5.74, 6) is -3.13. The molecule has 0 bridgehead atoms. The van der Waals surface area contributed by atoms with Crippen LogP contribution in [-0.2, 0) is 9.59 Å². The van der Waals surface area contributed by atoms with Crippen molar-refractivity contribution in [2.45, 2.75) is 33.6 Å². The van der Waals surface area contributed by atoms with Crippen LogP contribution < -0.4 is 15.3 Å². The van der Waals surface area contributed by atoms with Crippen molar-refractivity contribution in [1.29, 1.82) is 0 Å². The SMILES string of the molecule is CCC(CC)(C(=O)[O-])C(=O)[O-].CC[O-].[Mg+2]. The number of aliphatic carboxylic acids is 2. The zero-order valence-electron chi connectivity index (χ0n) is 9.37. The third-order valence-corrected chi connectivity index (χ3v) is 1.99. The summed E-state index contributed by atoms with van der Waals surface area (Å²) in [4.78, 5) is 20.8. The Hall–Kier alpha value is -0.334. The van der Waals surface area contributed by atoms with Crippen LogP contribution in [0.15, 0.2) is 0 Å². The van der Waals surface area contributed by atoms with Crippen LogP contribution >= 0.6 is 0 Å². The first kappa shape index (κ1) is 20.1. The van der Waals surface area contributed by atoms with E-state index in [-0.39, 0.29) is 42.5 Å².